The number of halogens is 2. The quantitative estimate of drug-likeness (QED) is 0.518. The molecule has 0 radical (unpaired) electrons. The smallest absolute Gasteiger partial charge is 0.261 e. The molecule has 2 N–H and O–H groups in total. The number of hydrogen-bond donors (Lipinski definition) is 2. The molecule has 0 spiro atoms. The molecule has 0 saturated carbocycles. The molecule has 0 saturated heterocycles. The first-order chi connectivity index (χ1) is 14.0. The van der Waals surface area contributed by atoms with Gasteiger partial charge in [-0.1, -0.05) is 23.2 Å². The molecule has 0 fully saturated rings. The van der Waals surface area contributed by atoms with Crippen molar-refractivity contribution in [3.63, 3.8) is 0 Å². The molecule has 29 heavy (non-hydrogen) atoms. The molecule has 0 atom stereocenters. The lowest BCUT2D eigenvalue weighted by molar-refractivity contribution is 0.102. The third kappa shape index (κ3) is 3.51. The van der Waals surface area contributed by atoms with Crippen molar-refractivity contribution < 1.29 is 9.90 Å². The molecule has 0 aromatic carbocycles. The average molecular weight is 428 g/mol. The lowest BCUT2D eigenvalue weighted by atomic mass is 10.1. The van der Waals surface area contributed by atoms with Gasteiger partial charge in [-0.25, -0.2) is 9.97 Å². The van der Waals surface area contributed by atoms with E-state index in [4.69, 9.17) is 23.2 Å². The average Bonchev–Trinajstić information content (AvgIpc) is 2.72. The van der Waals surface area contributed by atoms with E-state index < -0.39 is 11.3 Å². The maximum Gasteiger partial charge on any atom is 0.261 e. The number of pyridine rings is 4. The summed E-state index contributed by atoms with van der Waals surface area (Å²) in [7, 11) is 0. The zero-order chi connectivity index (χ0) is 20.5. The maximum atomic E-state index is 12.9. The number of carbonyl (C=O) groups excluding carboxylic acids is 1. The van der Waals surface area contributed by atoms with Crippen LogP contribution < -0.4 is 10.7 Å². The summed E-state index contributed by atoms with van der Waals surface area (Å²) in [5.41, 5.74) is 0.330. The van der Waals surface area contributed by atoms with Crippen LogP contribution in [-0.4, -0.2) is 30.5 Å². The number of nitrogens with one attached hydrogen (secondary N) is 1. The zero-order valence-corrected chi connectivity index (χ0v) is 16.0. The van der Waals surface area contributed by atoms with Crippen molar-refractivity contribution in [2.75, 3.05) is 5.32 Å². The number of carbonyl (C=O) groups is 1. The Morgan fingerprint density at radius 1 is 1.07 bits per heavy atom. The molecule has 4 aromatic rings. The van der Waals surface area contributed by atoms with Gasteiger partial charge in [-0.05, 0) is 18.2 Å². The van der Waals surface area contributed by atoms with Gasteiger partial charge in [-0.15, -0.1) is 0 Å². The molecule has 10 heteroatoms. The molecule has 4 rings (SSSR count). The summed E-state index contributed by atoms with van der Waals surface area (Å²) >= 11 is 12.1. The second-order valence-corrected chi connectivity index (χ2v) is 6.74. The summed E-state index contributed by atoms with van der Waals surface area (Å²) in [6.07, 6.45) is 6.93. The van der Waals surface area contributed by atoms with Crippen molar-refractivity contribution >= 4 is 45.8 Å². The topological polar surface area (TPSA) is 110 Å². The van der Waals surface area contributed by atoms with Gasteiger partial charge in [0.15, 0.2) is 0 Å². The van der Waals surface area contributed by atoms with Gasteiger partial charge in [-0.3, -0.25) is 19.1 Å². The number of amides is 1. The van der Waals surface area contributed by atoms with Gasteiger partial charge in [-0.2, -0.15) is 0 Å². The summed E-state index contributed by atoms with van der Waals surface area (Å²) in [6.45, 7) is 0. The van der Waals surface area contributed by atoms with E-state index in [-0.39, 0.29) is 32.6 Å². The van der Waals surface area contributed by atoms with E-state index in [2.05, 4.69) is 20.3 Å². The normalized spacial score (nSPS) is 10.8. The number of nitrogens with zero attached hydrogens (tertiary/aromatic N) is 4. The van der Waals surface area contributed by atoms with Crippen LogP contribution in [-0.2, 0) is 0 Å². The Morgan fingerprint density at radius 3 is 2.52 bits per heavy atom. The Bertz CT molecular complexity index is 1290. The summed E-state index contributed by atoms with van der Waals surface area (Å²) in [5.74, 6) is -0.858. The van der Waals surface area contributed by atoms with Crippen LogP contribution in [0, 0.1) is 0 Å². The first kappa shape index (κ1) is 18.9. The number of aromatic nitrogens is 4. The van der Waals surface area contributed by atoms with Gasteiger partial charge in [0.25, 0.3) is 5.91 Å². The van der Waals surface area contributed by atoms with E-state index in [1.165, 1.54) is 41.6 Å². The van der Waals surface area contributed by atoms with E-state index >= 15 is 0 Å². The van der Waals surface area contributed by atoms with Crippen LogP contribution in [0.1, 0.15) is 10.4 Å². The van der Waals surface area contributed by atoms with Gasteiger partial charge in [0.2, 0.25) is 11.3 Å². The summed E-state index contributed by atoms with van der Waals surface area (Å²) in [6, 6.07) is 6.14. The Morgan fingerprint density at radius 2 is 1.83 bits per heavy atom. The second-order valence-electron chi connectivity index (χ2n) is 5.92. The molecule has 8 nitrogen and oxygen atoms in total. The maximum absolute atomic E-state index is 12.9. The van der Waals surface area contributed by atoms with Crippen LogP contribution in [0.15, 0.2) is 60.0 Å². The van der Waals surface area contributed by atoms with E-state index in [9.17, 15) is 14.7 Å². The third-order valence-electron chi connectivity index (χ3n) is 4.11. The van der Waals surface area contributed by atoms with Gasteiger partial charge < -0.3 is 10.4 Å². The largest absolute Gasteiger partial charge is 0.493 e. The monoisotopic (exact) mass is 427 g/mol. The standard InChI is InChI=1S/C19H11Cl2N5O3/c20-13-7-22-8-14(21)16(13)25-19(29)12-9-26(10-3-4-15(27)24-6-10)18-11(17(12)28)2-1-5-23-18/h1-9H,(H,24,27)(H,22,25,29). The van der Waals surface area contributed by atoms with E-state index in [1.807, 2.05) is 0 Å². The molecule has 4 heterocycles. The predicted octanol–water partition coefficient (Wildman–Crippen LogP) is 3.44. The number of anilines is 1. The van der Waals surface area contributed by atoms with Crippen LogP contribution in [0.5, 0.6) is 5.88 Å². The highest BCUT2D eigenvalue weighted by atomic mass is 35.5. The zero-order valence-electron chi connectivity index (χ0n) is 14.5. The fourth-order valence-corrected chi connectivity index (χ4v) is 3.21. The van der Waals surface area contributed by atoms with Gasteiger partial charge in [0, 0.05) is 30.9 Å². The summed E-state index contributed by atoms with van der Waals surface area (Å²) in [4.78, 5) is 37.7. The molecule has 0 unspecified atom stereocenters. The number of aromatic hydroxyl groups is 1. The van der Waals surface area contributed by atoms with E-state index in [0.717, 1.165) is 0 Å². The molecular weight excluding hydrogens is 417 g/mol. The Balaban J connectivity index is 1.89. The highest BCUT2D eigenvalue weighted by Gasteiger charge is 2.19. The lowest BCUT2D eigenvalue weighted by Crippen LogP contribution is -2.24. The fourth-order valence-electron chi connectivity index (χ4n) is 2.75. The Labute approximate surface area is 173 Å². The van der Waals surface area contributed by atoms with Crippen LogP contribution in [0.4, 0.5) is 5.69 Å². The highest BCUT2D eigenvalue weighted by molar-refractivity contribution is 6.39. The molecule has 4 aromatic heterocycles. The second kappa shape index (κ2) is 7.50. The summed E-state index contributed by atoms with van der Waals surface area (Å²) in [5, 5.41) is 12.5. The van der Waals surface area contributed by atoms with Crippen LogP contribution in [0.3, 0.4) is 0 Å². The number of rotatable bonds is 3. The Kier molecular flexibility index (Phi) is 4.87. The first-order valence-electron chi connectivity index (χ1n) is 8.22. The highest BCUT2D eigenvalue weighted by Crippen LogP contribution is 2.29. The molecule has 0 aliphatic heterocycles. The summed E-state index contributed by atoms with van der Waals surface area (Å²) < 4.78 is 1.54. The van der Waals surface area contributed by atoms with Crippen molar-refractivity contribution in [1.29, 1.82) is 0 Å². The predicted molar refractivity (Wildman–Crippen MR) is 109 cm³/mol. The minimum absolute atomic E-state index is 0.136. The molecule has 1 amide bonds. The van der Waals surface area contributed by atoms with Crippen molar-refractivity contribution in [3.8, 4) is 11.6 Å². The lowest BCUT2D eigenvalue weighted by Gasteiger charge is -2.13. The van der Waals surface area contributed by atoms with Crippen molar-refractivity contribution in [2.45, 2.75) is 0 Å². The minimum Gasteiger partial charge on any atom is -0.493 e. The molecule has 0 bridgehead atoms. The van der Waals surface area contributed by atoms with Crippen LogP contribution >= 0.6 is 23.2 Å². The number of hydrogen-bond acceptors (Lipinski definition) is 6. The van der Waals surface area contributed by atoms with Gasteiger partial charge in [0.05, 0.1) is 33.0 Å². The number of fused-ring (bicyclic) bond motifs is 1. The molecule has 0 aliphatic carbocycles. The third-order valence-corrected chi connectivity index (χ3v) is 4.68. The van der Waals surface area contributed by atoms with Gasteiger partial charge >= 0.3 is 0 Å². The molecular formula is C19H11Cl2N5O3. The van der Waals surface area contributed by atoms with Crippen molar-refractivity contribution in [2.24, 2.45) is 0 Å². The molecule has 0 aliphatic rings. The van der Waals surface area contributed by atoms with Crippen molar-refractivity contribution in [3.05, 3.63) is 81.1 Å². The SMILES string of the molecule is O=C(Nc1c(Cl)cncc1Cl)c1cn(-c2ccc(O)nc2)c2ncccc2c1=O. The van der Waals surface area contributed by atoms with Gasteiger partial charge in [0.1, 0.15) is 11.2 Å². The van der Waals surface area contributed by atoms with E-state index in [1.54, 1.807) is 18.2 Å². The van der Waals surface area contributed by atoms with Crippen molar-refractivity contribution in [1.82, 2.24) is 19.5 Å². The fraction of sp³-hybridized carbons (Fsp3) is 0. The van der Waals surface area contributed by atoms with Crippen LogP contribution in [0.25, 0.3) is 16.7 Å². The van der Waals surface area contributed by atoms with E-state index in [0.29, 0.717) is 11.3 Å². The first-order valence-corrected chi connectivity index (χ1v) is 8.97. The minimum atomic E-state index is -0.698. The molecule has 144 valence electrons. The van der Waals surface area contributed by atoms with Crippen LogP contribution in [0.2, 0.25) is 10.0 Å². The Hall–Kier alpha value is -3.49.